The van der Waals surface area contributed by atoms with E-state index >= 15 is 0 Å². The summed E-state index contributed by atoms with van der Waals surface area (Å²) in [5, 5.41) is 2.90. The minimum absolute atomic E-state index is 0.0292. The molecule has 1 amide bonds. The minimum Gasteiger partial charge on any atom is -0.310 e. The van der Waals surface area contributed by atoms with E-state index in [9.17, 15) is 9.59 Å². The average Bonchev–Trinajstić information content (AvgIpc) is 2.85. The van der Waals surface area contributed by atoms with Crippen LogP contribution in [0.2, 0.25) is 0 Å². The number of nitrogens with zero attached hydrogens (tertiary/aromatic N) is 3. The Morgan fingerprint density at radius 2 is 1.79 bits per heavy atom. The number of amides is 1. The van der Waals surface area contributed by atoms with Gasteiger partial charge in [0.15, 0.2) is 5.78 Å². The Labute approximate surface area is 206 Å². The first kappa shape index (κ1) is 22.3. The van der Waals surface area contributed by atoms with Crippen LogP contribution < -0.4 is 5.32 Å². The number of aromatic nitrogens is 2. The molecule has 0 spiro atoms. The van der Waals surface area contributed by atoms with Gasteiger partial charge >= 0.3 is 0 Å². The second-order valence-electron chi connectivity index (χ2n) is 8.61. The summed E-state index contributed by atoms with van der Waals surface area (Å²) in [4.78, 5) is 40.7. The number of Topliss-reactive ketones (excluding diaryl/α,β-unsaturated/α-hetero) is 1. The summed E-state index contributed by atoms with van der Waals surface area (Å²) < 4.78 is 0.822. The molecule has 1 aliphatic heterocycles. The Bertz CT molecular complexity index is 1290. The highest BCUT2D eigenvalue weighted by atomic mass is 79.9. The van der Waals surface area contributed by atoms with Crippen molar-refractivity contribution in [2.45, 2.75) is 31.6 Å². The van der Waals surface area contributed by atoms with Crippen LogP contribution in [0.15, 0.2) is 93.8 Å². The normalized spacial score (nSPS) is 22.1. The molecular weight excluding hydrogens is 492 g/mol. The highest BCUT2D eigenvalue weighted by Gasteiger charge is 2.44. The van der Waals surface area contributed by atoms with Crippen molar-refractivity contribution in [3.05, 3.63) is 100 Å². The molecule has 0 radical (unpaired) electrons. The number of anilines is 1. The Morgan fingerprint density at radius 3 is 2.50 bits per heavy atom. The van der Waals surface area contributed by atoms with Crippen LogP contribution in [-0.2, 0) is 9.59 Å². The van der Waals surface area contributed by atoms with Gasteiger partial charge in [-0.25, -0.2) is 4.98 Å². The predicted molar refractivity (Wildman–Crippen MR) is 135 cm³/mol. The van der Waals surface area contributed by atoms with Gasteiger partial charge < -0.3 is 5.32 Å². The molecule has 1 aliphatic carbocycles. The van der Waals surface area contributed by atoms with Crippen LogP contribution in [0.1, 0.15) is 42.9 Å². The average molecular weight is 515 g/mol. The van der Waals surface area contributed by atoms with Crippen molar-refractivity contribution in [3.8, 4) is 0 Å². The van der Waals surface area contributed by atoms with E-state index in [-0.39, 0.29) is 17.6 Å². The van der Waals surface area contributed by atoms with E-state index in [4.69, 9.17) is 4.99 Å². The maximum absolute atomic E-state index is 13.6. The SMILES string of the molecule is CC1=NC2=C(C(=O)CC(c3ccccc3)C2)C(c2ccccn2)C1C(=O)Nc1ccc(Br)cn1. The molecule has 3 heterocycles. The molecule has 0 saturated heterocycles. The third-order valence-corrected chi connectivity index (χ3v) is 6.90. The smallest absolute Gasteiger partial charge is 0.235 e. The first-order valence-electron chi connectivity index (χ1n) is 11.2. The zero-order valence-corrected chi connectivity index (χ0v) is 20.2. The fraction of sp³-hybridized carbons (Fsp3) is 0.222. The monoisotopic (exact) mass is 514 g/mol. The second kappa shape index (κ2) is 9.43. The summed E-state index contributed by atoms with van der Waals surface area (Å²) in [5.74, 6) is -0.854. The number of halogens is 1. The number of hydrogen-bond acceptors (Lipinski definition) is 5. The number of rotatable bonds is 4. The molecule has 6 nitrogen and oxygen atoms in total. The maximum atomic E-state index is 13.6. The van der Waals surface area contributed by atoms with Gasteiger partial charge in [0, 0.05) is 51.9 Å². The van der Waals surface area contributed by atoms with Gasteiger partial charge in [-0.2, -0.15) is 0 Å². The minimum atomic E-state index is -0.656. The highest BCUT2D eigenvalue weighted by molar-refractivity contribution is 9.10. The van der Waals surface area contributed by atoms with Gasteiger partial charge in [-0.1, -0.05) is 36.4 Å². The largest absolute Gasteiger partial charge is 0.310 e. The summed E-state index contributed by atoms with van der Waals surface area (Å²) in [7, 11) is 0. The molecule has 34 heavy (non-hydrogen) atoms. The molecule has 1 aromatic carbocycles. The molecule has 1 N–H and O–H groups in total. The Morgan fingerprint density at radius 1 is 1.00 bits per heavy atom. The van der Waals surface area contributed by atoms with Gasteiger partial charge in [-0.15, -0.1) is 0 Å². The maximum Gasteiger partial charge on any atom is 0.235 e. The molecule has 0 fully saturated rings. The number of carbonyl (C=O) groups is 2. The van der Waals surface area contributed by atoms with Gasteiger partial charge in [0.1, 0.15) is 5.82 Å². The molecule has 0 saturated carbocycles. The molecule has 3 unspecified atom stereocenters. The molecule has 3 aromatic rings. The summed E-state index contributed by atoms with van der Waals surface area (Å²) >= 11 is 3.36. The lowest BCUT2D eigenvalue weighted by atomic mass is 9.70. The molecule has 2 aromatic heterocycles. The first-order chi connectivity index (χ1) is 16.5. The van der Waals surface area contributed by atoms with Crippen molar-refractivity contribution in [2.75, 3.05) is 5.32 Å². The van der Waals surface area contributed by atoms with Gasteiger partial charge in [0.2, 0.25) is 5.91 Å². The van der Waals surface area contributed by atoms with Crippen LogP contribution in [-0.4, -0.2) is 27.4 Å². The van der Waals surface area contributed by atoms with Crippen molar-refractivity contribution >= 4 is 39.1 Å². The van der Waals surface area contributed by atoms with E-state index in [0.29, 0.717) is 35.6 Å². The van der Waals surface area contributed by atoms with Crippen molar-refractivity contribution in [1.82, 2.24) is 9.97 Å². The van der Waals surface area contributed by atoms with Crippen LogP contribution in [0, 0.1) is 5.92 Å². The van der Waals surface area contributed by atoms with Crippen LogP contribution in [0.4, 0.5) is 5.82 Å². The number of carbonyl (C=O) groups excluding carboxylic acids is 2. The quantitative estimate of drug-likeness (QED) is 0.501. The summed E-state index contributed by atoms with van der Waals surface area (Å²) in [6, 6.07) is 19.2. The van der Waals surface area contributed by atoms with Crippen molar-refractivity contribution < 1.29 is 9.59 Å². The lowest BCUT2D eigenvalue weighted by Gasteiger charge is -2.36. The summed E-state index contributed by atoms with van der Waals surface area (Å²) in [6.07, 6.45) is 4.38. The molecule has 5 rings (SSSR count). The molecule has 170 valence electrons. The van der Waals surface area contributed by atoms with Gasteiger partial charge in [-0.05, 0) is 65.0 Å². The number of hydrogen-bond donors (Lipinski definition) is 1. The Hall–Kier alpha value is -3.45. The van der Waals surface area contributed by atoms with E-state index in [1.807, 2.05) is 49.4 Å². The van der Waals surface area contributed by atoms with Crippen LogP contribution in [0.3, 0.4) is 0 Å². The predicted octanol–water partition coefficient (Wildman–Crippen LogP) is 5.45. The number of benzene rings is 1. The zero-order valence-electron chi connectivity index (χ0n) is 18.6. The van der Waals surface area contributed by atoms with E-state index in [1.165, 1.54) is 0 Å². The fourth-order valence-electron chi connectivity index (χ4n) is 4.89. The number of pyridine rings is 2. The molecule has 3 atom stereocenters. The highest BCUT2D eigenvalue weighted by Crippen LogP contribution is 2.46. The number of allylic oxidation sites excluding steroid dienone is 2. The lowest BCUT2D eigenvalue weighted by Crippen LogP contribution is -2.40. The van der Waals surface area contributed by atoms with E-state index < -0.39 is 11.8 Å². The zero-order chi connectivity index (χ0) is 23.7. The van der Waals surface area contributed by atoms with Gasteiger partial charge in [0.25, 0.3) is 0 Å². The fourth-order valence-corrected chi connectivity index (χ4v) is 5.13. The van der Waals surface area contributed by atoms with E-state index in [1.54, 1.807) is 18.5 Å². The topological polar surface area (TPSA) is 84.3 Å². The van der Waals surface area contributed by atoms with E-state index in [2.05, 4.69) is 43.3 Å². The molecule has 2 aliphatic rings. The van der Waals surface area contributed by atoms with Gasteiger partial charge in [0.05, 0.1) is 5.92 Å². The molecule has 0 bridgehead atoms. The van der Waals surface area contributed by atoms with Crippen molar-refractivity contribution in [2.24, 2.45) is 10.9 Å². The number of aliphatic imine (C=N–C) groups is 1. The van der Waals surface area contributed by atoms with Crippen LogP contribution in [0.5, 0.6) is 0 Å². The standard InChI is InChI=1S/C27H23BrN4O2/c1-16-24(27(34)32-23-11-10-19(28)15-30-23)26(20-9-5-6-12-29-20)25-21(31-16)13-18(14-22(25)33)17-7-3-2-4-8-17/h2-12,15,18,24,26H,13-14H2,1H3,(H,30,32,34). The number of ketones is 1. The summed E-state index contributed by atoms with van der Waals surface area (Å²) in [5.41, 5.74) is 3.88. The van der Waals surface area contributed by atoms with Crippen LogP contribution >= 0.6 is 15.9 Å². The third kappa shape index (κ3) is 4.35. The third-order valence-electron chi connectivity index (χ3n) is 6.43. The Kier molecular flexibility index (Phi) is 6.20. The second-order valence-corrected chi connectivity index (χ2v) is 9.53. The lowest BCUT2D eigenvalue weighted by molar-refractivity contribution is -0.119. The summed E-state index contributed by atoms with van der Waals surface area (Å²) in [6.45, 7) is 1.86. The first-order valence-corrected chi connectivity index (χ1v) is 12.0. The van der Waals surface area contributed by atoms with Crippen LogP contribution in [0.25, 0.3) is 0 Å². The Balaban J connectivity index is 1.54. The molecular formula is C27H23BrN4O2. The van der Waals surface area contributed by atoms with Crippen molar-refractivity contribution in [1.29, 1.82) is 0 Å². The van der Waals surface area contributed by atoms with Gasteiger partial charge in [-0.3, -0.25) is 19.6 Å². The molecule has 7 heteroatoms. The van der Waals surface area contributed by atoms with Crippen molar-refractivity contribution in [3.63, 3.8) is 0 Å². The number of nitrogens with one attached hydrogen (secondary N) is 1. The van der Waals surface area contributed by atoms with E-state index in [0.717, 1.165) is 15.7 Å².